The first-order chi connectivity index (χ1) is 15.0. The number of carbonyl (C=O) groups excluding carboxylic acids is 2. The van der Waals surface area contributed by atoms with Crippen LogP contribution in [-0.2, 0) is 9.59 Å². The van der Waals surface area contributed by atoms with Crippen LogP contribution in [0.15, 0.2) is 83.9 Å². The van der Waals surface area contributed by atoms with Crippen molar-refractivity contribution >= 4 is 50.9 Å². The van der Waals surface area contributed by atoms with Gasteiger partial charge in [-0.05, 0) is 35.0 Å². The fraction of sp³-hybridized carbons (Fsp3) is 0. The zero-order valence-electron chi connectivity index (χ0n) is 15.9. The van der Waals surface area contributed by atoms with E-state index in [4.69, 9.17) is 0 Å². The lowest BCUT2D eigenvalue weighted by Crippen LogP contribution is -2.32. The molecule has 0 bridgehead atoms. The molecule has 0 aliphatic carbocycles. The molecule has 0 radical (unpaired) electrons. The number of hydrogen-bond acceptors (Lipinski definition) is 4. The van der Waals surface area contributed by atoms with Crippen LogP contribution in [0.2, 0.25) is 0 Å². The Kier molecular flexibility index (Phi) is 4.60. The van der Waals surface area contributed by atoms with Crippen molar-refractivity contribution in [1.29, 1.82) is 0 Å². The largest absolute Gasteiger partial charge is 0.350 e. The molecule has 3 aromatic carbocycles. The molecule has 152 valence electrons. The summed E-state index contributed by atoms with van der Waals surface area (Å²) in [4.78, 5) is 28.6. The van der Waals surface area contributed by atoms with Crippen LogP contribution in [0.25, 0.3) is 16.3 Å². The minimum atomic E-state index is -1.05. The summed E-state index contributed by atoms with van der Waals surface area (Å²) in [5.74, 6) is -3.08. The molecule has 0 atom stereocenters. The number of carbonyl (C=O) groups is 2. The van der Waals surface area contributed by atoms with Gasteiger partial charge in [0.15, 0.2) is 11.6 Å². The van der Waals surface area contributed by atoms with Crippen LogP contribution in [0.3, 0.4) is 0 Å². The standard InChI is InChI=1S/C24H14F2N2O2S/c25-17-11-10-15(13-18(17)26)27-22-21(20-9-4-12-31-20)23(29)28(24(22)30)19-8-3-6-14-5-1-2-7-16(14)19/h1-13,27H. The summed E-state index contributed by atoms with van der Waals surface area (Å²) in [5.41, 5.74) is 0.845. The third-order valence-electron chi connectivity index (χ3n) is 5.05. The Morgan fingerprint density at radius 2 is 1.61 bits per heavy atom. The molecule has 31 heavy (non-hydrogen) atoms. The number of nitrogens with zero attached hydrogens (tertiary/aromatic N) is 1. The van der Waals surface area contributed by atoms with E-state index in [9.17, 15) is 18.4 Å². The summed E-state index contributed by atoms with van der Waals surface area (Å²) in [6, 6.07) is 19.6. The highest BCUT2D eigenvalue weighted by molar-refractivity contribution is 7.11. The summed E-state index contributed by atoms with van der Waals surface area (Å²) in [6.45, 7) is 0. The average molecular weight is 432 g/mol. The van der Waals surface area contributed by atoms with E-state index in [1.54, 1.807) is 29.6 Å². The van der Waals surface area contributed by atoms with Crippen molar-refractivity contribution in [2.75, 3.05) is 10.2 Å². The average Bonchev–Trinajstić information content (AvgIpc) is 3.37. The first-order valence-electron chi connectivity index (χ1n) is 9.41. The molecular weight excluding hydrogens is 418 g/mol. The quantitative estimate of drug-likeness (QED) is 0.429. The van der Waals surface area contributed by atoms with Crippen LogP contribution in [0, 0.1) is 11.6 Å². The lowest BCUT2D eigenvalue weighted by Gasteiger charge is -2.17. The van der Waals surface area contributed by atoms with Crippen LogP contribution in [0.5, 0.6) is 0 Å². The van der Waals surface area contributed by atoms with Crippen LogP contribution in [0.1, 0.15) is 4.88 Å². The van der Waals surface area contributed by atoms with E-state index in [0.29, 0.717) is 10.6 Å². The Labute approximate surface area is 180 Å². The zero-order chi connectivity index (χ0) is 21.5. The lowest BCUT2D eigenvalue weighted by atomic mass is 10.1. The van der Waals surface area contributed by atoms with Crippen molar-refractivity contribution in [1.82, 2.24) is 0 Å². The van der Waals surface area contributed by atoms with Crippen LogP contribution in [-0.4, -0.2) is 11.8 Å². The van der Waals surface area contributed by atoms with Gasteiger partial charge in [-0.1, -0.05) is 42.5 Å². The van der Waals surface area contributed by atoms with Crippen molar-refractivity contribution in [2.24, 2.45) is 0 Å². The first kappa shape index (κ1) is 19.1. The van der Waals surface area contributed by atoms with Crippen molar-refractivity contribution in [3.05, 3.63) is 100 Å². The second-order valence-electron chi connectivity index (χ2n) is 6.93. The van der Waals surface area contributed by atoms with E-state index < -0.39 is 23.4 Å². The van der Waals surface area contributed by atoms with Crippen molar-refractivity contribution in [3.8, 4) is 0 Å². The molecule has 0 saturated carbocycles. The van der Waals surface area contributed by atoms with Gasteiger partial charge >= 0.3 is 0 Å². The predicted octanol–water partition coefficient (Wildman–Crippen LogP) is 5.58. The molecule has 1 aromatic heterocycles. The number of fused-ring (bicyclic) bond motifs is 1. The van der Waals surface area contributed by atoms with E-state index >= 15 is 0 Å². The van der Waals surface area contributed by atoms with Crippen LogP contribution in [0.4, 0.5) is 20.2 Å². The fourth-order valence-corrected chi connectivity index (χ4v) is 4.40. The molecule has 2 heterocycles. The number of thiophene rings is 1. The van der Waals surface area contributed by atoms with E-state index in [-0.39, 0.29) is 17.0 Å². The minimum Gasteiger partial charge on any atom is -0.350 e. The van der Waals surface area contributed by atoms with Crippen molar-refractivity contribution < 1.29 is 18.4 Å². The maximum Gasteiger partial charge on any atom is 0.282 e. The molecule has 4 nitrogen and oxygen atoms in total. The summed E-state index contributed by atoms with van der Waals surface area (Å²) in [7, 11) is 0. The zero-order valence-corrected chi connectivity index (χ0v) is 16.7. The summed E-state index contributed by atoms with van der Waals surface area (Å²) < 4.78 is 27.1. The Morgan fingerprint density at radius 3 is 2.39 bits per heavy atom. The molecule has 7 heteroatoms. The number of hydrogen-bond donors (Lipinski definition) is 1. The van der Waals surface area contributed by atoms with Gasteiger partial charge in [0.2, 0.25) is 0 Å². The van der Waals surface area contributed by atoms with Gasteiger partial charge in [-0.15, -0.1) is 11.3 Å². The molecule has 4 aromatic rings. The SMILES string of the molecule is O=C1C(Nc2ccc(F)c(F)c2)=C(c2cccs2)C(=O)N1c1cccc2ccccc12. The number of amides is 2. The minimum absolute atomic E-state index is 0.0198. The monoisotopic (exact) mass is 432 g/mol. The molecule has 0 fully saturated rings. The summed E-state index contributed by atoms with van der Waals surface area (Å²) >= 11 is 1.32. The molecule has 1 N–H and O–H groups in total. The Bertz CT molecular complexity index is 1370. The highest BCUT2D eigenvalue weighted by Gasteiger charge is 2.41. The van der Waals surface area contributed by atoms with Crippen LogP contribution >= 0.6 is 11.3 Å². The molecule has 1 aliphatic heterocycles. The molecule has 5 rings (SSSR count). The number of halogens is 2. The molecule has 0 spiro atoms. The van der Waals surface area contributed by atoms with Gasteiger partial charge in [0.05, 0.1) is 11.3 Å². The number of anilines is 2. The number of rotatable bonds is 4. The Hall–Kier alpha value is -3.84. The number of benzene rings is 3. The highest BCUT2D eigenvalue weighted by atomic mass is 32.1. The molecule has 2 amide bonds. The van der Waals surface area contributed by atoms with Crippen molar-refractivity contribution in [2.45, 2.75) is 0 Å². The maximum absolute atomic E-state index is 13.7. The van der Waals surface area contributed by atoms with Gasteiger partial charge in [-0.3, -0.25) is 9.59 Å². The summed E-state index contributed by atoms with van der Waals surface area (Å²) in [6.07, 6.45) is 0. The normalized spacial score (nSPS) is 14.1. The molecule has 1 aliphatic rings. The Balaban J connectivity index is 1.64. The van der Waals surface area contributed by atoms with Gasteiger partial charge in [-0.25, -0.2) is 13.7 Å². The van der Waals surface area contributed by atoms with Gasteiger partial charge in [-0.2, -0.15) is 0 Å². The van der Waals surface area contributed by atoms with Gasteiger partial charge in [0.1, 0.15) is 5.70 Å². The summed E-state index contributed by atoms with van der Waals surface area (Å²) in [5, 5.41) is 6.29. The van der Waals surface area contributed by atoms with Gasteiger partial charge < -0.3 is 5.32 Å². The second kappa shape index (κ2) is 7.45. The van der Waals surface area contributed by atoms with E-state index in [0.717, 1.165) is 27.8 Å². The topological polar surface area (TPSA) is 49.4 Å². The van der Waals surface area contributed by atoms with Gasteiger partial charge in [0, 0.05) is 22.0 Å². The predicted molar refractivity (Wildman–Crippen MR) is 118 cm³/mol. The maximum atomic E-state index is 13.7. The van der Waals surface area contributed by atoms with Gasteiger partial charge in [0.25, 0.3) is 11.8 Å². The molecular formula is C24H14F2N2O2S. The van der Waals surface area contributed by atoms with E-state index in [1.807, 2.05) is 30.3 Å². The Morgan fingerprint density at radius 1 is 0.806 bits per heavy atom. The number of nitrogens with one attached hydrogen (secondary N) is 1. The fourth-order valence-electron chi connectivity index (χ4n) is 3.64. The van der Waals surface area contributed by atoms with Crippen LogP contribution < -0.4 is 10.2 Å². The first-order valence-corrected chi connectivity index (χ1v) is 10.3. The second-order valence-corrected chi connectivity index (χ2v) is 7.87. The molecule has 0 saturated heterocycles. The van der Waals surface area contributed by atoms with E-state index in [1.165, 1.54) is 17.4 Å². The molecule has 0 unspecified atom stereocenters. The lowest BCUT2D eigenvalue weighted by molar-refractivity contribution is -0.120. The highest BCUT2D eigenvalue weighted by Crippen LogP contribution is 2.38. The third kappa shape index (κ3) is 3.19. The smallest absolute Gasteiger partial charge is 0.282 e. The number of imide groups is 1. The van der Waals surface area contributed by atoms with E-state index in [2.05, 4.69) is 5.32 Å². The third-order valence-corrected chi connectivity index (χ3v) is 5.94. The van der Waals surface area contributed by atoms with Crippen molar-refractivity contribution in [3.63, 3.8) is 0 Å².